The van der Waals surface area contributed by atoms with Crippen LogP contribution < -0.4 is 4.74 Å². The molecule has 0 aromatic heterocycles. The summed E-state index contributed by atoms with van der Waals surface area (Å²) in [5.41, 5.74) is -0.203. The number of rotatable bonds is 7. The maximum Gasteiger partial charge on any atom is 0.410 e. The van der Waals surface area contributed by atoms with E-state index in [1.54, 1.807) is 29.2 Å². The number of ether oxygens (including phenoxy) is 2. The molecule has 1 aliphatic heterocycles. The van der Waals surface area contributed by atoms with E-state index in [1.807, 2.05) is 20.8 Å². The highest BCUT2D eigenvalue weighted by molar-refractivity contribution is 5.87. The average molecular weight is 392 g/mol. The van der Waals surface area contributed by atoms with Gasteiger partial charge in [-0.15, -0.1) is 0 Å². The zero-order valence-electron chi connectivity index (χ0n) is 17.1. The van der Waals surface area contributed by atoms with Gasteiger partial charge in [0, 0.05) is 19.6 Å². The first-order valence-electron chi connectivity index (χ1n) is 9.91. The highest BCUT2D eigenvalue weighted by atomic mass is 16.6. The maximum atomic E-state index is 12.2. The number of hydrogen-bond donors (Lipinski definition) is 1. The number of amides is 1. The highest BCUT2D eigenvalue weighted by Crippen LogP contribution is 2.14. The Morgan fingerprint density at radius 3 is 2.39 bits per heavy atom. The fraction of sp³-hybridized carbons (Fsp3) is 0.619. The summed E-state index contributed by atoms with van der Waals surface area (Å²) in [6.07, 6.45) is 2.66. The molecule has 1 saturated heterocycles. The van der Waals surface area contributed by atoms with Crippen LogP contribution in [0.5, 0.6) is 5.75 Å². The van der Waals surface area contributed by atoms with Crippen molar-refractivity contribution in [3.05, 3.63) is 29.8 Å². The molecule has 2 rings (SSSR count). The standard InChI is InChI=1S/C21H32N2O5/c1-21(2,3)28-20(26)23-13-6-12-22(14-15-23)11-4-5-16-27-18-9-7-17(8-10-18)19(24)25/h7-10H,4-6,11-16H2,1-3H3,(H,24,25). The van der Waals surface area contributed by atoms with Crippen LogP contribution in [0.1, 0.15) is 50.4 Å². The van der Waals surface area contributed by atoms with Crippen LogP contribution in [0.2, 0.25) is 0 Å². The molecule has 0 unspecified atom stereocenters. The van der Waals surface area contributed by atoms with Gasteiger partial charge in [0.15, 0.2) is 0 Å². The molecule has 1 amide bonds. The summed E-state index contributed by atoms with van der Waals surface area (Å²) in [5, 5.41) is 8.89. The number of carboxylic acids is 1. The van der Waals surface area contributed by atoms with E-state index in [2.05, 4.69) is 4.90 Å². The molecule has 1 aromatic carbocycles. The summed E-state index contributed by atoms with van der Waals surface area (Å²) in [6.45, 7) is 10.5. The molecule has 156 valence electrons. The lowest BCUT2D eigenvalue weighted by atomic mass is 10.2. The van der Waals surface area contributed by atoms with Crippen LogP contribution in [-0.4, -0.2) is 71.9 Å². The second-order valence-electron chi connectivity index (χ2n) is 8.05. The molecule has 1 aliphatic rings. The smallest absolute Gasteiger partial charge is 0.410 e. The van der Waals surface area contributed by atoms with Crippen molar-refractivity contribution >= 4 is 12.1 Å². The topological polar surface area (TPSA) is 79.3 Å². The van der Waals surface area contributed by atoms with Crippen LogP contribution in [0, 0.1) is 0 Å². The van der Waals surface area contributed by atoms with E-state index in [4.69, 9.17) is 14.6 Å². The van der Waals surface area contributed by atoms with Gasteiger partial charge in [0.05, 0.1) is 12.2 Å². The van der Waals surface area contributed by atoms with Crippen molar-refractivity contribution in [3.8, 4) is 5.75 Å². The van der Waals surface area contributed by atoms with Gasteiger partial charge in [-0.05, 0) is 77.4 Å². The molecule has 1 fully saturated rings. The fourth-order valence-electron chi connectivity index (χ4n) is 3.02. The third-order valence-electron chi connectivity index (χ3n) is 4.48. The molecule has 1 heterocycles. The molecule has 0 bridgehead atoms. The molecule has 1 N–H and O–H groups in total. The third kappa shape index (κ3) is 7.76. The normalized spacial score (nSPS) is 15.8. The van der Waals surface area contributed by atoms with E-state index >= 15 is 0 Å². The molecular formula is C21H32N2O5. The van der Waals surface area contributed by atoms with Gasteiger partial charge in [-0.2, -0.15) is 0 Å². The fourth-order valence-corrected chi connectivity index (χ4v) is 3.02. The van der Waals surface area contributed by atoms with E-state index in [1.165, 1.54) is 0 Å². The second-order valence-corrected chi connectivity index (χ2v) is 8.05. The Kier molecular flexibility index (Phi) is 8.11. The van der Waals surface area contributed by atoms with Gasteiger partial charge in [0.2, 0.25) is 0 Å². The minimum Gasteiger partial charge on any atom is -0.494 e. The number of carbonyl (C=O) groups excluding carboxylic acids is 1. The Bertz CT molecular complexity index is 639. The largest absolute Gasteiger partial charge is 0.494 e. The predicted molar refractivity (Wildman–Crippen MR) is 107 cm³/mol. The molecule has 0 aliphatic carbocycles. The molecule has 0 atom stereocenters. The van der Waals surface area contributed by atoms with Gasteiger partial charge < -0.3 is 24.4 Å². The third-order valence-corrected chi connectivity index (χ3v) is 4.48. The Hall–Kier alpha value is -2.28. The predicted octanol–water partition coefficient (Wildman–Crippen LogP) is 3.49. The summed E-state index contributed by atoms with van der Waals surface area (Å²) < 4.78 is 11.1. The Morgan fingerprint density at radius 2 is 1.75 bits per heavy atom. The molecule has 7 nitrogen and oxygen atoms in total. The van der Waals surface area contributed by atoms with Gasteiger partial charge in [0.1, 0.15) is 11.4 Å². The van der Waals surface area contributed by atoms with E-state index in [0.717, 1.165) is 45.4 Å². The van der Waals surface area contributed by atoms with Crippen LogP contribution in [0.4, 0.5) is 4.79 Å². The molecular weight excluding hydrogens is 360 g/mol. The zero-order chi connectivity index (χ0) is 20.6. The van der Waals surface area contributed by atoms with Crippen molar-refractivity contribution in [2.45, 2.75) is 45.6 Å². The number of carbonyl (C=O) groups is 2. The van der Waals surface area contributed by atoms with Crippen LogP contribution in [-0.2, 0) is 4.74 Å². The molecule has 1 aromatic rings. The van der Waals surface area contributed by atoms with E-state index in [0.29, 0.717) is 18.9 Å². The summed E-state index contributed by atoms with van der Waals surface area (Å²) in [7, 11) is 0. The molecule has 0 spiro atoms. The lowest BCUT2D eigenvalue weighted by molar-refractivity contribution is 0.0257. The molecule has 0 radical (unpaired) electrons. The summed E-state index contributed by atoms with van der Waals surface area (Å²) in [5.74, 6) is -0.248. The van der Waals surface area contributed by atoms with Gasteiger partial charge in [-0.1, -0.05) is 0 Å². The first-order chi connectivity index (χ1) is 13.2. The Morgan fingerprint density at radius 1 is 1.04 bits per heavy atom. The summed E-state index contributed by atoms with van der Waals surface area (Å²) in [4.78, 5) is 27.2. The first kappa shape index (κ1) is 22.0. The van der Waals surface area contributed by atoms with Crippen molar-refractivity contribution in [3.63, 3.8) is 0 Å². The van der Waals surface area contributed by atoms with Crippen LogP contribution in [0.15, 0.2) is 24.3 Å². The first-order valence-corrected chi connectivity index (χ1v) is 9.91. The van der Waals surface area contributed by atoms with Crippen molar-refractivity contribution in [2.24, 2.45) is 0 Å². The Labute approximate surface area is 167 Å². The van der Waals surface area contributed by atoms with Gasteiger partial charge in [-0.25, -0.2) is 9.59 Å². The van der Waals surface area contributed by atoms with Gasteiger partial charge in [0.25, 0.3) is 0 Å². The van der Waals surface area contributed by atoms with Crippen molar-refractivity contribution in [1.82, 2.24) is 9.80 Å². The SMILES string of the molecule is CC(C)(C)OC(=O)N1CCCN(CCCCOc2ccc(C(=O)O)cc2)CC1. The van der Waals surface area contributed by atoms with Crippen LogP contribution in [0.3, 0.4) is 0 Å². The monoisotopic (exact) mass is 392 g/mol. The van der Waals surface area contributed by atoms with E-state index in [-0.39, 0.29) is 11.7 Å². The second kappa shape index (κ2) is 10.3. The number of unbranched alkanes of at least 4 members (excludes halogenated alkanes) is 1. The van der Waals surface area contributed by atoms with Crippen molar-refractivity contribution in [2.75, 3.05) is 39.3 Å². The zero-order valence-corrected chi connectivity index (χ0v) is 17.1. The van der Waals surface area contributed by atoms with E-state index in [9.17, 15) is 9.59 Å². The number of nitrogens with zero attached hydrogens (tertiary/aromatic N) is 2. The summed E-state index contributed by atoms with van der Waals surface area (Å²) in [6, 6.07) is 6.46. The molecule has 0 saturated carbocycles. The minimum absolute atomic E-state index is 0.225. The Balaban J connectivity index is 1.63. The average Bonchev–Trinajstić information content (AvgIpc) is 2.86. The quantitative estimate of drug-likeness (QED) is 0.716. The summed E-state index contributed by atoms with van der Waals surface area (Å²) >= 11 is 0. The maximum absolute atomic E-state index is 12.2. The molecule has 28 heavy (non-hydrogen) atoms. The number of carboxylic acid groups (broad SMARTS) is 1. The van der Waals surface area contributed by atoms with Crippen molar-refractivity contribution in [1.29, 1.82) is 0 Å². The van der Waals surface area contributed by atoms with Crippen LogP contribution >= 0.6 is 0 Å². The lowest BCUT2D eigenvalue weighted by Gasteiger charge is -2.26. The highest BCUT2D eigenvalue weighted by Gasteiger charge is 2.24. The molecule has 7 heteroatoms. The van der Waals surface area contributed by atoms with Crippen molar-refractivity contribution < 1.29 is 24.2 Å². The van der Waals surface area contributed by atoms with Gasteiger partial charge >= 0.3 is 12.1 Å². The number of aromatic carboxylic acids is 1. The van der Waals surface area contributed by atoms with E-state index < -0.39 is 11.6 Å². The van der Waals surface area contributed by atoms with Crippen LogP contribution in [0.25, 0.3) is 0 Å². The number of benzene rings is 1. The number of hydrogen-bond acceptors (Lipinski definition) is 5. The minimum atomic E-state index is -0.936. The van der Waals surface area contributed by atoms with Gasteiger partial charge in [-0.3, -0.25) is 0 Å². The lowest BCUT2D eigenvalue weighted by Crippen LogP contribution is -2.39.